The van der Waals surface area contributed by atoms with Gasteiger partial charge < -0.3 is 5.32 Å². The van der Waals surface area contributed by atoms with Gasteiger partial charge in [-0.25, -0.2) is 21.9 Å². The number of hydrogen-bond donors (Lipinski definition) is 2. The number of nitrogens with one attached hydrogen (secondary N) is 2. The molecule has 0 heterocycles. The van der Waals surface area contributed by atoms with Crippen molar-refractivity contribution in [2.75, 3.05) is 0 Å². The minimum Gasteiger partial charge on any atom is -0.350 e. The molecule has 0 bridgehead atoms. The van der Waals surface area contributed by atoms with Crippen LogP contribution in [-0.2, 0) is 21.2 Å². The van der Waals surface area contributed by atoms with E-state index in [1.807, 2.05) is 6.92 Å². The van der Waals surface area contributed by atoms with Crippen molar-refractivity contribution in [1.29, 1.82) is 0 Å². The number of sulfonamides is 1. The molecule has 2 aromatic carbocycles. The van der Waals surface area contributed by atoms with Crippen LogP contribution in [-0.4, -0.2) is 26.4 Å². The summed E-state index contributed by atoms with van der Waals surface area (Å²) >= 11 is 0. The molecular formula is C22H26F2N2O3S. The summed E-state index contributed by atoms with van der Waals surface area (Å²) in [6.07, 6.45) is 4.02. The first-order chi connectivity index (χ1) is 14.1. The van der Waals surface area contributed by atoms with Gasteiger partial charge in [0, 0.05) is 18.2 Å². The molecule has 0 saturated carbocycles. The van der Waals surface area contributed by atoms with Crippen LogP contribution in [0.15, 0.2) is 53.4 Å². The van der Waals surface area contributed by atoms with E-state index in [1.165, 1.54) is 24.3 Å². The zero-order chi connectivity index (χ0) is 22.3. The fourth-order valence-electron chi connectivity index (χ4n) is 2.75. The third kappa shape index (κ3) is 7.35. The van der Waals surface area contributed by atoms with Gasteiger partial charge in [-0.3, -0.25) is 4.79 Å². The van der Waals surface area contributed by atoms with E-state index in [1.54, 1.807) is 32.1 Å². The van der Waals surface area contributed by atoms with E-state index in [0.29, 0.717) is 24.0 Å². The third-order valence-corrected chi connectivity index (χ3v) is 5.92. The van der Waals surface area contributed by atoms with Crippen molar-refractivity contribution in [2.45, 2.75) is 50.6 Å². The molecule has 0 aromatic heterocycles. The Bertz CT molecular complexity index is 1000. The zero-order valence-corrected chi connectivity index (χ0v) is 18.0. The van der Waals surface area contributed by atoms with E-state index in [2.05, 4.69) is 10.0 Å². The molecule has 0 aliphatic rings. The van der Waals surface area contributed by atoms with E-state index in [4.69, 9.17) is 0 Å². The Kier molecular flexibility index (Phi) is 8.25. The van der Waals surface area contributed by atoms with Gasteiger partial charge in [-0.15, -0.1) is 0 Å². The van der Waals surface area contributed by atoms with Gasteiger partial charge in [0.1, 0.15) is 0 Å². The summed E-state index contributed by atoms with van der Waals surface area (Å²) in [6.45, 7) is 5.31. The Labute approximate surface area is 176 Å². The molecule has 30 heavy (non-hydrogen) atoms. The highest BCUT2D eigenvalue weighted by atomic mass is 32.2. The molecule has 162 valence electrons. The lowest BCUT2D eigenvalue weighted by molar-refractivity contribution is -0.117. The fourth-order valence-corrected chi connectivity index (χ4v) is 4.00. The minimum atomic E-state index is -3.56. The molecule has 0 aliphatic heterocycles. The number of benzene rings is 2. The van der Waals surface area contributed by atoms with Gasteiger partial charge in [0.25, 0.3) is 0 Å². The lowest BCUT2D eigenvalue weighted by Crippen LogP contribution is -2.31. The first-order valence-corrected chi connectivity index (χ1v) is 11.1. The fraction of sp³-hybridized carbons (Fsp3) is 0.318. The summed E-state index contributed by atoms with van der Waals surface area (Å²) in [7, 11) is -3.56. The first-order valence-electron chi connectivity index (χ1n) is 9.61. The largest absolute Gasteiger partial charge is 0.350 e. The maximum atomic E-state index is 13.2. The molecule has 0 saturated heterocycles. The predicted molar refractivity (Wildman–Crippen MR) is 113 cm³/mol. The molecule has 1 unspecified atom stereocenters. The average molecular weight is 437 g/mol. The van der Waals surface area contributed by atoms with Crippen molar-refractivity contribution >= 4 is 22.0 Å². The molecular weight excluding hydrogens is 410 g/mol. The number of carbonyl (C=O) groups excluding carboxylic acids is 1. The highest BCUT2D eigenvalue weighted by Gasteiger charge is 2.14. The molecule has 8 heteroatoms. The van der Waals surface area contributed by atoms with Crippen LogP contribution in [0.2, 0.25) is 0 Å². The summed E-state index contributed by atoms with van der Waals surface area (Å²) < 4.78 is 52.9. The summed E-state index contributed by atoms with van der Waals surface area (Å²) in [4.78, 5) is 12.2. The van der Waals surface area contributed by atoms with Gasteiger partial charge >= 0.3 is 0 Å². The smallest absolute Gasteiger partial charge is 0.244 e. The Morgan fingerprint density at radius 2 is 1.70 bits per heavy atom. The lowest BCUT2D eigenvalue weighted by Gasteiger charge is -2.12. The lowest BCUT2D eigenvalue weighted by atomic mass is 10.1. The molecule has 1 amide bonds. The highest BCUT2D eigenvalue weighted by molar-refractivity contribution is 7.89. The van der Waals surface area contributed by atoms with E-state index in [9.17, 15) is 22.0 Å². The van der Waals surface area contributed by atoms with E-state index in [0.717, 1.165) is 12.1 Å². The highest BCUT2D eigenvalue weighted by Crippen LogP contribution is 2.13. The predicted octanol–water partition coefficient (Wildman–Crippen LogP) is 3.80. The Morgan fingerprint density at radius 3 is 2.30 bits per heavy atom. The van der Waals surface area contributed by atoms with Gasteiger partial charge in [0.15, 0.2) is 11.6 Å². The Morgan fingerprint density at radius 1 is 1.03 bits per heavy atom. The Balaban J connectivity index is 1.87. The van der Waals surface area contributed by atoms with Crippen LogP contribution in [0.3, 0.4) is 0 Å². The van der Waals surface area contributed by atoms with Gasteiger partial charge in [0.2, 0.25) is 15.9 Å². The molecule has 1 atom stereocenters. The molecule has 2 rings (SSSR count). The molecule has 0 spiro atoms. The van der Waals surface area contributed by atoms with Crippen LogP contribution in [0, 0.1) is 11.6 Å². The van der Waals surface area contributed by atoms with Crippen LogP contribution < -0.4 is 10.0 Å². The molecule has 0 radical (unpaired) electrons. The number of amides is 1. The van der Waals surface area contributed by atoms with Crippen LogP contribution >= 0.6 is 0 Å². The van der Waals surface area contributed by atoms with Crippen LogP contribution in [0.5, 0.6) is 0 Å². The van der Waals surface area contributed by atoms with Gasteiger partial charge in [-0.05, 0) is 75.1 Å². The van der Waals surface area contributed by atoms with Crippen LogP contribution in [0.1, 0.15) is 38.3 Å². The van der Waals surface area contributed by atoms with Gasteiger partial charge in [-0.1, -0.05) is 18.2 Å². The van der Waals surface area contributed by atoms with E-state index < -0.39 is 21.7 Å². The molecule has 2 aromatic rings. The average Bonchev–Trinajstić information content (AvgIpc) is 2.66. The summed E-state index contributed by atoms with van der Waals surface area (Å²) in [5.41, 5.74) is 1.34. The summed E-state index contributed by atoms with van der Waals surface area (Å²) in [5, 5.41) is 2.80. The number of hydrogen-bond acceptors (Lipinski definition) is 3. The van der Waals surface area contributed by atoms with Crippen LogP contribution in [0.4, 0.5) is 8.78 Å². The van der Waals surface area contributed by atoms with E-state index >= 15 is 0 Å². The SMILES string of the molecule is CC(C)NS(=O)(=O)c1ccc(/C=C/C(=O)NC(C)CCc2ccc(F)c(F)c2)cc1. The zero-order valence-electron chi connectivity index (χ0n) is 17.2. The van der Waals surface area contributed by atoms with Crippen molar-refractivity contribution in [2.24, 2.45) is 0 Å². The second-order valence-electron chi connectivity index (χ2n) is 7.38. The van der Waals surface area contributed by atoms with E-state index in [-0.39, 0.29) is 22.9 Å². The molecule has 5 nitrogen and oxygen atoms in total. The minimum absolute atomic E-state index is 0.156. The van der Waals surface area contributed by atoms with Crippen molar-refractivity contribution in [3.63, 3.8) is 0 Å². The number of carbonyl (C=O) groups is 1. The summed E-state index contributed by atoms with van der Waals surface area (Å²) in [6, 6.07) is 9.59. The normalized spacial score (nSPS) is 13.0. The molecule has 0 fully saturated rings. The number of rotatable bonds is 9. The molecule has 0 aliphatic carbocycles. The first kappa shape index (κ1) is 23.7. The van der Waals surface area contributed by atoms with Gasteiger partial charge in [-0.2, -0.15) is 0 Å². The maximum Gasteiger partial charge on any atom is 0.244 e. The maximum absolute atomic E-state index is 13.2. The van der Waals surface area contributed by atoms with Gasteiger partial charge in [0.05, 0.1) is 4.90 Å². The number of aryl methyl sites for hydroxylation is 1. The second-order valence-corrected chi connectivity index (χ2v) is 9.09. The van der Waals surface area contributed by atoms with Crippen molar-refractivity contribution in [3.8, 4) is 0 Å². The number of halogens is 2. The van der Waals surface area contributed by atoms with Crippen molar-refractivity contribution in [1.82, 2.24) is 10.0 Å². The monoisotopic (exact) mass is 436 g/mol. The van der Waals surface area contributed by atoms with Crippen molar-refractivity contribution in [3.05, 3.63) is 71.3 Å². The molecule has 2 N–H and O–H groups in total. The third-order valence-electron chi connectivity index (χ3n) is 4.25. The van der Waals surface area contributed by atoms with Crippen molar-refractivity contribution < 1.29 is 22.0 Å². The Hall–Kier alpha value is -2.58. The topological polar surface area (TPSA) is 75.3 Å². The quantitative estimate of drug-likeness (QED) is 0.587. The summed E-state index contributed by atoms with van der Waals surface area (Å²) in [5.74, 6) is -2.07. The second kappa shape index (κ2) is 10.4. The standard InChI is InChI=1S/C22H26F2N2O3S/c1-15(2)26-30(28,29)19-10-6-17(7-11-19)9-13-22(27)25-16(3)4-5-18-8-12-20(23)21(24)14-18/h6-16,26H,4-5H2,1-3H3,(H,25,27)/b13-9+. The van der Waals surface area contributed by atoms with Crippen LogP contribution in [0.25, 0.3) is 6.08 Å².